The van der Waals surface area contributed by atoms with Gasteiger partial charge in [0.25, 0.3) is 0 Å². The van der Waals surface area contributed by atoms with Crippen molar-refractivity contribution in [2.45, 2.75) is 6.17 Å². The first-order valence-corrected chi connectivity index (χ1v) is 8.23. The van der Waals surface area contributed by atoms with Gasteiger partial charge in [0.2, 0.25) is 0 Å². The smallest absolute Gasteiger partial charge is 0.125 e. The third-order valence-electron chi connectivity index (χ3n) is 4.55. The van der Waals surface area contributed by atoms with Crippen LogP contribution in [0.4, 0.5) is 0 Å². The Morgan fingerprint density at radius 1 is 0.667 bits per heavy atom. The molecule has 0 spiro atoms. The van der Waals surface area contributed by atoms with E-state index in [-0.39, 0.29) is 6.17 Å². The third-order valence-corrected chi connectivity index (χ3v) is 4.55. The monoisotopic (exact) mass is 312 g/mol. The van der Waals surface area contributed by atoms with Gasteiger partial charge in [-0.3, -0.25) is 0 Å². The van der Waals surface area contributed by atoms with Crippen LogP contribution in [0.2, 0.25) is 0 Å². The Morgan fingerprint density at radius 3 is 1.88 bits per heavy atom. The zero-order valence-electron chi connectivity index (χ0n) is 13.7. The van der Waals surface area contributed by atoms with E-state index in [1.54, 1.807) is 0 Å². The molecule has 0 saturated heterocycles. The Kier molecular flexibility index (Phi) is 3.80. The van der Waals surface area contributed by atoms with E-state index in [0.717, 1.165) is 0 Å². The molecule has 0 bridgehead atoms. The third kappa shape index (κ3) is 2.67. The molecule has 24 heavy (non-hydrogen) atoms. The molecule has 3 aromatic rings. The van der Waals surface area contributed by atoms with Gasteiger partial charge in [0.1, 0.15) is 6.17 Å². The molecule has 1 atom stereocenters. The number of rotatable bonds is 3. The molecule has 0 radical (unpaired) electrons. The SMILES string of the molecule is CN1C(c2ccc(-c3ccccc3)cc2)=CNC1c1ccccc1. The summed E-state index contributed by atoms with van der Waals surface area (Å²) in [5.74, 6) is 0. The number of hydrogen-bond donors (Lipinski definition) is 1. The Labute approximate surface area is 143 Å². The molecular formula is C22H20N2. The van der Waals surface area contributed by atoms with E-state index in [2.05, 4.69) is 102 Å². The summed E-state index contributed by atoms with van der Waals surface area (Å²) in [5.41, 5.74) is 6.20. The fourth-order valence-corrected chi connectivity index (χ4v) is 3.22. The number of nitrogens with zero attached hydrogens (tertiary/aromatic N) is 1. The molecule has 0 aliphatic carbocycles. The molecule has 2 heteroatoms. The van der Waals surface area contributed by atoms with Crippen LogP contribution in [0.3, 0.4) is 0 Å². The van der Waals surface area contributed by atoms with E-state index in [4.69, 9.17) is 0 Å². The van der Waals surface area contributed by atoms with Crippen molar-refractivity contribution >= 4 is 5.70 Å². The standard InChI is InChI=1S/C22H20N2/c1-24-21(16-23-22(24)20-10-6-3-7-11-20)19-14-12-18(13-15-19)17-8-4-2-5-9-17/h2-16,22-23H,1H3. The van der Waals surface area contributed by atoms with Gasteiger partial charge in [0, 0.05) is 13.2 Å². The van der Waals surface area contributed by atoms with E-state index in [1.807, 2.05) is 6.07 Å². The van der Waals surface area contributed by atoms with Gasteiger partial charge in [-0.25, -0.2) is 0 Å². The summed E-state index contributed by atoms with van der Waals surface area (Å²) in [6, 6.07) is 29.8. The lowest BCUT2D eigenvalue weighted by molar-refractivity contribution is 0.354. The second kappa shape index (κ2) is 6.25. The first kappa shape index (κ1) is 14.6. The van der Waals surface area contributed by atoms with Crippen LogP contribution in [0.1, 0.15) is 17.3 Å². The highest BCUT2D eigenvalue weighted by Gasteiger charge is 2.24. The quantitative estimate of drug-likeness (QED) is 0.741. The molecule has 118 valence electrons. The minimum Gasteiger partial charge on any atom is -0.366 e. The number of nitrogens with one attached hydrogen (secondary N) is 1. The molecular weight excluding hydrogens is 292 g/mol. The summed E-state index contributed by atoms with van der Waals surface area (Å²) < 4.78 is 0. The Balaban J connectivity index is 1.57. The van der Waals surface area contributed by atoms with Gasteiger partial charge in [0.15, 0.2) is 0 Å². The first-order chi connectivity index (χ1) is 11.8. The van der Waals surface area contributed by atoms with Gasteiger partial charge >= 0.3 is 0 Å². The molecule has 2 nitrogen and oxygen atoms in total. The van der Waals surface area contributed by atoms with Crippen LogP contribution in [0.15, 0.2) is 91.1 Å². The van der Waals surface area contributed by atoms with E-state index < -0.39 is 0 Å². The molecule has 1 aliphatic heterocycles. The van der Waals surface area contributed by atoms with E-state index in [9.17, 15) is 0 Å². The zero-order valence-corrected chi connectivity index (χ0v) is 13.7. The molecule has 1 aliphatic rings. The molecule has 1 unspecified atom stereocenters. The molecule has 1 N–H and O–H groups in total. The Bertz CT molecular complexity index is 836. The minimum atomic E-state index is 0.190. The van der Waals surface area contributed by atoms with Gasteiger partial charge < -0.3 is 10.2 Å². The van der Waals surface area contributed by atoms with Crippen molar-refractivity contribution in [3.05, 3.63) is 102 Å². The highest BCUT2D eigenvalue weighted by atomic mass is 15.3. The largest absolute Gasteiger partial charge is 0.366 e. The van der Waals surface area contributed by atoms with Crippen LogP contribution in [0, 0.1) is 0 Å². The summed E-state index contributed by atoms with van der Waals surface area (Å²) in [5, 5.41) is 3.48. The number of hydrogen-bond acceptors (Lipinski definition) is 2. The molecule has 0 saturated carbocycles. The van der Waals surface area contributed by atoms with Crippen LogP contribution >= 0.6 is 0 Å². The maximum Gasteiger partial charge on any atom is 0.125 e. The van der Waals surface area contributed by atoms with E-state index >= 15 is 0 Å². The van der Waals surface area contributed by atoms with E-state index in [1.165, 1.54) is 28.0 Å². The fraction of sp³-hybridized carbons (Fsp3) is 0.0909. The summed E-state index contributed by atoms with van der Waals surface area (Å²) in [7, 11) is 2.13. The fourth-order valence-electron chi connectivity index (χ4n) is 3.22. The predicted octanol–water partition coefficient (Wildman–Crippen LogP) is 4.89. The average Bonchev–Trinajstić information content (AvgIpc) is 3.05. The first-order valence-electron chi connectivity index (χ1n) is 8.23. The van der Waals surface area contributed by atoms with Crippen molar-refractivity contribution < 1.29 is 0 Å². The topological polar surface area (TPSA) is 15.3 Å². The van der Waals surface area contributed by atoms with Crippen LogP contribution in [-0.4, -0.2) is 11.9 Å². The second-order valence-corrected chi connectivity index (χ2v) is 6.06. The lowest BCUT2D eigenvalue weighted by Gasteiger charge is -2.25. The summed E-state index contributed by atoms with van der Waals surface area (Å²) in [6.45, 7) is 0. The molecule has 3 aromatic carbocycles. The van der Waals surface area contributed by atoms with Crippen molar-refractivity contribution in [1.82, 2.24) is 10.2 Å². The minimum absolute atomic E-state index is 0.190. The summed E-state index contributed by atoms with van der Waals surface area (Å²) >= 11 is 0. The lowest BCUT2D eigenvalue weighted by Crippen LogP contribution is -2.24. The van der Waals surface area contributed by atoms with Gasteiger partial charge in [-0.1, -0.05) is 84.9 Å². The highest BCUT2D eigenvalue weighted by Crippen LogP contribution is 2.32. The van der Waals surface area contributed by atoms with Crippen LogP contribution in [0.25, 0.3) is 16.8 Å². The normalized spacial score (nSPS) is 16.6. The zero-order chi connectivity index (χ0) is 16.4. The summed E-state index contributed by atoms with van der Waals surface area (Å²) in [6.07, 6.45) is 2.30. The molecule has 0 aromatic heterocycles. The molecule has 0 fully saturated rings. The van der Waals surface area contributed by atoms with Gasteiger partial charge in [-0.05, 0) is 22.3 Å². The molecule has 0 amide bonds. The van der Waals surface area contributed by atoms with E-state index in [0.29, 0.717) is 0 Å². The predicted molar refractivity (Wildman–Crippen MR) is 99.9 cm³/mol. The van der Waals surface area contributed by atoms with Crippen molar-refractivity contribution in [3.63, 3.8) is 0 Å². The van der Waals surface area contributed by atoms with Crippen LogP contribution in [-0.2, 0) is 0 Å². The Hall–Kier alpha value is -3.00. The second-order valence-electron chi connectivity index (χ2n) is 6.06. The van der Waals surface area contributed by atoms with Crippen molar-refractivity contribution in [3.8, 4) is 11.1 Å². The summed E-state index contributed by atoms with van der Waals surface area (Å²) in [4.78, 5) is 2.28. The van der Waals surface area contributed by atoms with Gasteiger partial charge in [-0.2, -0.15) is 0 Å². The molecule has 1 heterocycles. The average molecular weight is 312 g/mol. The van der Waals surface area contributed by atoms with Crippen LogP contribution in [0.5, 0.6) is 0 Å². The van der Waals surface area contributed by atoms with Crippen molar-refractivity contribution in [2.24, 2.45) is 0 Å². The van der Waals surface area contributed by atoms with Gasteiger partial charge in [-0.15, -0.1) is 0 Å². The van der Waals surface area contributed by atoms with Gasteiger partial charge in [0.05, 0.1) is 5.70 Å². The van der Waals surface area contributed by atoms with Crippen molar-refractivity contribution in [1.29, 1.82) is 0 Å². The maximum atomic E-state index is 3.48. The Morgan fingerprint density at radius 2 is 1.21 bits per heavy atom. The highest BCUT2D eigenvalue weighted by molar-refractivity contribution is 5.70. The molecule has 4 rings (SSSR count). The van der Waals surface area contributed by atoms with Crippen molar-refractivity contribution in [2.75, 3.05) is 7.05 Å². The van der Waals surface area contributed by atoms with Crippen LogP contribution < -0.4 is 5.32 Å². The number of benzene rings is 3. The lowest BCUT2D eigenvalue weighted by atomic mass is 10.0. The maximum absolute atomic E-state index is 3.48.